The smallest absolute Gasteiger partial charge is 0.325 e. The van der Waals surface area contributed by atoms with E-state index in [1.807, 2.05) is 24.3 Å². The maximum absolute atomic E-state index is 12.5. The van der Waals surface area contributed by atoms with E-state index in [2.05, 4.69) is 21.2 Å². The second-order valence-corrected chi connectivity index (χ2v) is 5.78. The van der Waals surface area contributed by atoms with Gasteiger partial charge in [-0.3, -0.25) is 9.69 Å². The molecule has 1 aliphatic rings. The second-order valence-electron chi connectivity index (χ2n) is 4.87. The number of methoxy groups -OCH3 is 1. The Morgan fingerprint density at radius 3 is 2.80 bits per heavy atom. The Balaban J connectivity index is 2.21. The van der Waals surface area contributed by atoms with E-state index < -0.39 is 5.54 Å². The first-order chi connectivity index (χ1) is 9.49. The normalized spacial score (nSPS) is 22.2. The highest BCUT2D eigenvalue weighted by atomic mass is 79.9. The number of ether oxygens (including phenoxy) is 1. The van der Waals surface area contributed by atoms with Crippen LogP contribution in [0, 0.1) is 0 Å². The van der Waals surface area contributed by atoms with Gasteiger partial charge in [-0.1, -0.05) is 28.1 Å². The number of rotatable bonds is 5. The number of benzene rings is 1. The van der Waals surface area contributed by atoms with Gasteiger partial charge in [0.2, 0.25) is 0 Å². The average molecular weight is 341 g/mol. The van der Waals surface area contributed by atoms with Crippen molar-refractivity contribution in [1.82, 2.24) is 10.2 Å². The van der Waals surface area contributed by atoms with Crippen molar-refractivity contribution in [3.63, 3.8) is 0 Å². The Morgan fingerprint density at radius 2 is 2.15 bits per heavy atom. The van der Waals surface area contributed by atoms with E-state index in [9.17, 15) is 9.59 Å². The fourth-order valence-corrected chi connectivity index (χ4v) is 2.66. The summed E-state index contributed by atoms with van der Waals surface area (Å²) in [6.45, 7) is 2.61. The Kier molecular flexibility index (Phi) is 4.45. The van der Waals surface area contributed by atoms with E-state index >= 15 is 0 Å². The van der Waals surface area contributed by atoms with Gasteiger partial charge in [0.1, 0.15) is 5.54 Å². The van der Waals surface area contributed by atoms with Gasteiger partial charge in [-0.15, -0.1) is 0 Å². The molecule has 1 heterocycles. The largest absolute Gasteiger partial charge is 0.385 e. The number of halogens is 1. The molecule has 2 rings (SSSR count). The molecule has 1 atom stereocenters. The molecule has 0 bridgehead atoms. The van der Waals surface area contributed by atoms with E-state index in [1.165, 1.54) is 4.90 Å². The molecule has 1 aromatic carbocycles. The van der Waals surface area contributed by atoms with Crippen LogP contribution in [0.5, 0.6) is 0 Å². The zero-order chi connectivity index (χ0) is 14.8. The fraction of sp³-hybridized carbons (Fsp3) is 0.429. The van der Waals surface area contributed by atoms with Crippen LogP contribution in [0.1, 0.15) is 18.9 Å². The standard InChI is InChI=1S/C14H17BrN2O3/c1-14(10-5-3-6-11(15)9-10)12(18)17(13(19)16-14)7-4-8-20-2/h3,5-6,9H,4,7-8H2,1-2H3,(H,16,19)/t14-/m0/s1. The van der Waals surface area contributed by atoms with Crippen molar-refractivity contribution in [1.29, 1.82) is 0 Å². The van der Waals surface area contributed by atoms with Gasteiger partial charge in [0.15, 0.2) is 0 Å². The predicted molar refractivity (Wildman–Crippen MR) is 78.2 cm³/mol. The number of carbonyl (C=O) groups excluding carboxylic acids is 2. The molecular formula is C14H17BrN2O3. The number of imide groups is 1. The molecule has 1 saturated heterocycles. The van der Waals surface area contributed by atoms with Crippen molar-refractivity contribution in [2.75, 3.05) is 20.3 Å². The molecule has 5 nitrogen and oxygen atoms in total. The van der Waals surface area contributed by atoms with Crippen molar-refractivity contribution < 1.29 is 14.3 Å². The van der Waals surface area contributed by atoms with Crippen LogP contribution in [0.25, 0.3) is 0 Å². The minimum Gasteiger partial charge on any atom is -0.385 e. The zero-order valence-corrected chi connectivity index (χ0v) is 13.1. The molecule has 0 radical (unpaired) electrons. The van der Waals surface area contributed by atoms with Crippen molar-refractivity contribution >= 4 is 27.9 Å². The summed E-state index contributed by atoms with van der Waals surface area (Å²) in [4.78, 5) is 25.8. The molecule has 0 spiro atoms. The van der Waals surface area contributed by atoms with Gasteiger partial charge in [-0.2, -0.15) is 0 Å². The minimum atomic E-state index is -1.01. The van der Waals surface area contributed by atoms with E-state index in [-0.39, 0.29) is 11.9 Å². The highest BCUT2D eigenvalue weighted by Crippen LogP contribution is 2.30. The number of nitrogens with one attached hydrogen (secondary N) is 1. The van der Waals surface area contributed by atoms with Gasteiger partial charge < -0.3 is 10.1 Å². The SMILES string of the molecule is COCCCN1C(=O)N[C@@](C)(c2cccc(Br)c2)C1=O. The predicted octanol–water partition coefficient (Wildman–Crippen LogP) is 2.25. The minimum absolute atomic E-state index is 0.225. The summed E-state index contributed by atoms with van der Waals surface area (Å²) in [6, 6.07) is 7.05. The van der Waals surface area contributed by atoms with Gasteiger partial charge in [0, 0.05) is 24.7 Å². The maximum Gasteiger partial charge on any atom is 0.325 e. The van der Waals surface area contributed by atoms with Crippen LogP contribution >= 0.6 is 15.9 Å². The molecule has 1 aliphatic heterocycles. The van der Waals surface area contributed by atoms with Crippen molar-refractivity contribution in [3.05, 3.63) is 34.3 Å². The van der Waals surface area contributed by atoms with Crippen LogP contribution in [-0.4, -0.2) is 37.1 Å². The summed E-state index contributed by atoms with van der Waals surface area (Å²) >= 11 is 3.38. The summed E-state index contributed by atoms with van der Waals surface area (Å²) in [5, 5.41) is 2.78. The summed E-state index contributed by atoms with van der Waals surface area (Å²) in [5.74, 6) is -0.225. The number of carbonyl (C=O) groups is 2. The number of hydrogen-bond acceptors (Lipinski definition) is 3. The van der Waals surface area contributed by atoms with Gasteiger partial charge in [-0.25, -0.2) is 4.79 Å². The van der Waals surface area contributed by atoms with E-state index in [4.69, 9.17) is 4.74 Å². The Labute approximate surface area is 126 Å². The summed E-state index contributed by atoms with van der Waals surface area (Å²) in [7, 11) is 1.59. The van der Waals surface area contributed by atoms with Crippen LogP contribution in [0.3, 0.4) is 0 Å². The molecular weight excluding hydrogens is 324 g/mol. The van der Waals surface area contributed by atoms with Crippen LogP contribution in [0.15, 0.2) is 28.7 Å². The van der Waals surface area contributed by atoms with Crippen LogP contribution in [0.2, 0.25) is 0 Å². The van der Waals surface area contributed by atoms with Crippen molar-refractivity contribution in [2.24, 2.45) is 0 Å². The second kappa shape index (κ2) is 5.93. The Hall–Kier alpha value is -1.40. The van der Waals surface area contributed by atoms with Crippen LogP contribution in [0.4, 0.5) is 4.79 Å². The lowest BCUT2D eigenvalue weighted by Crippen LogP contribution is -2.41. The van der Waals surface area contributed by atoms with Crippen molar-refractivity contribution in [2.45, 2.75) is 18.9 Å². The molecule has 0 unspecified atom stereocenters. The molecule has 1 fully saturated rings. The highest BCUT2D eigenvalue weighted by molar-refractivity contribution is 9.10. The molecule has 20 heavy (non-hydrogen) atoms. The average Bonchev–Trinajstić information content (AvgIpc) is 2.63. The van der Waals surface area contributed by atoms with Gasteiger partial charge in [-0.05, 0) is 31.0 Å². The maximum atomic E-state index is 12.5. The lowest BCUT2D eigenvalue weighted by atomic mass is 9.92. The van der Waals surface area contributed by atoms with E-state index in [0.29, 0.717) is 19.6 Å². The molecule has 108 valence electrons. The summed E-state index contributed by atoms with van der Waals surface area (Å²) in [5.41, 5.74) is -0.243. The Bertz CT molecular complexity index is 535. The highest BCUT2D eigenvalue weighted by Gasteiger charge is 2.48. The third-order valence-corrected chi connectivity index (χ3v) is 3.90. The van der Waals surface area contributed by atoms with Crippen molar-refractivity contribution in [3.8, 4) is 0 Å². The molecule has 1 aromatic rings. The zero-order valence-electron chi connectivity index (χ0n) is 11.5. The fourth-order valence-electron chi connectivity index (χ4n) is 2.26. The first-order valence-electron chi connectivity index (χ1n) is 6.38. The monoisotopic (exact) mass is 340 g/mol. The number of urea groups is 1. The molecule has 6 heteroatoms. The third-order valence-electron chi connectivity index (χ3n) is 3.41. The number of hydrogen-bond donors (Lipinski definition) is 1. The third kappa shape index (κ3) is 2.71. The lowest BCUT2D eigenvalue weighted by molar-refractivity contribution is -0.131. The summed E-state index contributed by atoms with van der Waals surface area (Å²) < 4.78 is 5.82. The number of amides is 3. The first kappa shape index (κ1) is 15.0. The topological polar surface area (TPSA) is 58.6 Å². The Morgan fingerprint density at radius 1 is 1.40 bits per heavy atom. The van der Waals surface area contributed by atoms with Gasteiger partial charge >= 0.3 is 6.03 Å². The summed E-state index contributed by atoms with van der Waals surface area (Å²) in [6.07, 6.45) is 0.629. The molecule has 0 saturated carbocycles. The molecule has 3 amide bonds. The van der Waals surface area contributed by atoms with E-state index in [1.54, 1.807) is 14.0 Å². The van der Waals surface area contributed by atoms with Crippen LogP contribution in [-0.2, 0) is 15.1 Å². The molecule has 0 aliphatic carbocycles. The quantitative estimate of drug-likeness (QED) is 0.660. The molecule has 1 N–H and O–H groups in total. The van der Waals surface area contributed by atoms with Gasteiger partial charge in [0.05, 0.1) is 0 Å². The molecule has 0 aromatic heterocycles. The van der Waals surface area contributed by atoms with E-state index in [0.717, 1.165) is 10.0 Å². The lowest BCUT2D eigenvalue weighted by Gasteiger charge is -2.22. The number of nitrogens with zero attached hydrogens (tertiary/aromatic N) is 1. The van der Waals surface area contributed by atoms with Gasteiger partial charge in [0.25, 0.3) is 5.91 Å². The van der Waals surface area contributed by atoms with Crippen LogP contribution < -0.4 is 5.32 Å². The first-order valence-corrected chi connectivity index (χ1v) is 7.17.